The summed E-state index contributed by atoms with van der Waals surface area (Å²) in [6.45, 7) is 0.213. The molecular formula is C10H15N5O4. The third-order valence-electron chi connectivity index (χ3n) is 2.29. The molecule has 19 heavy (non-hydrogen) atoms. The van der Waals surface area contributed by atoms with E-state index < -0.39 is 23.9 Å². The first-order chi connectivity index (χ1) is 8.99. The summed E-state index contributed by atoms with van der Waals surface area (Å²) in [5.74, 6) is -1.84. The maximum atomic E-state index is 11.5. The second-order valence-corrected chi connectivity index (χ2v) is 3.83. The van der Waals surface area contributed by atoms with Gasteiger partial charge in [-0.05, 0) is 6.42 Å². The minimum Gasteiger partial charge on any atom is -0.480 e. The van der Waals surface area contributed by atoms with Gasteiger partial charge in [0.1, 0.15) is 6.04 Å². The first kappa shape index (κ1) is 14.5. The van der Waals surface area contributed by atoms with Gasteiger partial charge in [-0.15, -0.1) is 0 Å². The van der Waals surface area contributed by atoms with Crippen molar-refractivity contribution in [1.82, 2.24) is 20.8 Å². The number of hydrogen-bond donors (Lipinski definition) is 5. The minimum absolute atomic E-state index is 0.0518. The average Bonchev–Trinajstić information content (AvgIpc) is 2.84. The lowest BCUT2D eigenvalue weighted by atomic mass is 10.1. The summed E-state index contributed by atoms with van der Waals surface area (Å²) in [7, 11) is 0. The fraction of sp³-hybridized carbons (Fsp3) is 0.400. The zero-order valence-corrected chi connectivity index (χ0v) is 10.0. The van der Waals surface area contributed by atoms with Gasteiger partial charge in [0.25, 0.3) is 0 Å². The van der Waals surface area contributed by atoms with Crippen molar-refractivity contribution in [3.8, 4) is 0 Å². The summed E-state index contributed by atoms with van der Waals surface area (Å²) < 4.78 is 0. The first-order valence-corrected chi connectivity index (χ1v) is 5.52. The molecule has 9 nitrogen and oxygen atoms in total. The summed E-state index contributed by atoms with van der Waals surface area (Å²) in [6, 6.07) is -1.80. The third-order valence-corrected chi connectivity index (χ3v) is 2.29. The topological polar surface area (TPSA) is 150 Å². The molecule has 3 amide bonds. The molecule has 9 heteroatoms. The lowest BCUT2D eigenvalue weighted by molar-refractivity contribution is -0.139. The number of aromatic amines is 1. The van der Waals surface area contributed by atoms with Gasteiger partial charge in [-0.25, -0.2) is 9.59 Å². The molecule has 0 aliphatic rings. The zero-order chi connectivity index (χ0) is 14.3. The fourth-order valence-electron chi connectivity index (χ4n) is 1.31. The van der Waals surface area contributed by atoms with Crippen molar-refractivity contribution >= 4 is 17.9 Å². The highest BCUT2D eigenvalue weighted by molar-refractivity contribution is 5.83. The van der Waals surface area contributed by atoms with Crippen molar-refractivity contribution in [2.45, 2.75) is 25.4 Å². The largest absolute Gasteiger partial charge is 0.480 e. The van der Waals surface area contributed by atoms with Gasteiger partial charge < -0.3 is 21.5 Å². The molecule has 1 unspecified atom stereocenters. The van der Waals surface area contributed by atoms with Crippen LogP contribution in [0, 0.1) is 0 Å². The number of aromatic nitrogens is 2. The molecule has 6 N–H and O–H groups in total. The van der Waals surface area contributed by atoms with Gasteiger partial charge in [-0.1, -0.05) is 0 Å². The molecule has 0 fully saturated rings. The number of carboxylic acids is 1. The number of amides is 3. The monoisotopic (exact) mass is 269 g/mol. The molecule has 1 aromatic rings. The molecule has 0 bridgehead atoms. The van der Waals surface area contributed by atoms with Crippen LogP contribution < -0.4 is 16.4 Å². The van der Waals surface area contributed by atoms with Crippen molar-refractivity contribution in [3.63, 3.8) is 0 Å². The van der Waals surface area contributed by atoms with E-state index >= 15 is 0 Å². The zero-order valence-electron chi connectivity index (χ0n) is 10.0. The Morgan fingerprint density at radius 1 is 1.47 bits per heavy atom. The highest BCUT2D eigenvalue weighted by Crippen LogP contribution is 1.98. The molecule has 0 aliphatic heterocycles. The Hall–Kier alpha value is -2.58. The molecule has 0 saturated carbocycles. The molecule has 0 spiro atoms. The molecule has 0 aliphatic carbocycles. The van der Waals surface area contributed by atoms with Gasteiger partial charge in [-0.3, -0.25) is 9.89 Å². The molecule has 1 rings (SSSR count). The molecule has 1 atom stereocenters. The number of carbonyl (C=O) groups is 3. The van der Waals surface area contributed by atoms with Gasteiger partial charge in [-0.2, -0.15) is 5.10 Å². The van der Waals surface area contributed by atoms with Crippen molar-refractivity contribution in [3.05, 3.63) is 18.0 Å². The van der Waals surface area contributed by atoms with E-state index in [-0.39, 0.29) is 19.4 Å². The van der Waals surface area contributed by atoms with E-state index in [1.54, 1.807) is 6.20 Å². The number of aliphatic carboxylic acids is 1. The highest BCUT2D eigenvalue weighted by atomic mass is 16.4. The second kappa shape index (κ2) is 6.99. The van der Waals surface area contributed by atoms with Gasteiger partial charge >= 0.3 is 12.0 Å². The van der Waals surface area contributed by atoms with E-state index in [0.29, 0.717) is 0 Å². The van der Waals surface area contributed by atoms with Crippen LogP contribution in [-0.2, 0) is 16.1 Å². The van der Waals surface area contributed by atoms with Crippen LogP contribution in [0.2, 0.25) is 0 Å². The van der Waals surface area contributed by atoms with Crippen LogP contribution in [0.1, 0.15) is 18.4 Å². The Morgan fingerprint density at radius 3 is 2.74 bits per heavy atom. The van der Waals surface area contributed by atoms with Crippen molar-refractivity contribution in [2.75, 3.05) is 0 Å². The molecule has 0 saturated heterocycles. The SMILES string of the molecule is NC(=O)CCC(NC(=O)NCc1cn[nH]c1)C(=O)O. The second-order valence-electron chi connectivity index (χ2n) is 3.83. The van der Waals surface area contributed by atoms with E-state index in [0.717, 1.165) is 5.56 Å². The smallest absolute Gasteiger partial charge is 0.326 e. The highest BCUT2D eigenvalue weighted by Gasteiger charge is 2.20. The Morgan fingerprint density at radius 2 is 2.21 bits per heavy atom. The van der Waals surface area contributed by atoms with Gasteiger partial charge in [0.15, 0.2) is 0 Å². The van der Waals surface area contributed by atoms with Gasteiger partial charge in [0.05, 0.1) is 6.20 Å². The number of nitrogens with two attached hydrogens (primary N) is 1. The van der Waals surface area contributed by atoms with Crippen molar-refractivity contribution in [1.29, 1.82) is 0 Å². The number of nitrogens with one attached hydrogen (secondary N) is 3. The van der Waals surface area contributed by atoms with Gasteiger partial charge in [0, 0.05) is 24.7 Å². The van der Waals surface area contributed by atoms with Crippen LogP contribution in [0.15, 0.2) is 12.4 Å². The number of urea groups is 1. The number of hydrogen-bond acceptors (Lipinski definition) is 4. The molecular weight excluding hydrogens is 254 g/mol. The lowest BCUT2D eigenvalue weighted by Gasteiger charge is -2.14. The Balaban J connectivity index is 2.38. The number of carbonyl (C=O) groups excluding carboxylic acids is 2. The van der Waals surface area contributed by atoms with Crippen LogP contribution in [-0.4, -0.2) is 39.3 Å². The van der Waals surface area contributed by atoms with Gasteiger partial charge in [0.2, 0.25) is 5.91 Å². The van der Waals surface area contributed by atoms with E-state index in [9.17, 15) is 14.4 Å². The number of carboxylic acid groups (broad SMARTS) is 1. The summed E-state index contributed by atoms with van der Waals surface area (Å²) >= 11 is 0. The van der Waals surface area contributed by atoms with E-state index in [1.165, 1.54) is 6.20 Å². The predicted octanol–water partition coefficient (Wildman–Crippen LogP) is -1.07. The van der Waals surface area contributed by atoms with Crippen LogP contribution in [0.4, 0.5) is 4.79 Å². The molecule has 1 heterocycles. The van der Waals surface area contributed by atoms with Crippen molar-refractivity contribution < 1.29 is 19.5 Å². The fourth-order valence-corrected chi connectivity index (χ4v) is 1.31. The number of H-pyrrole nitrogens is 1. The Labute approximate surface area is 108 Å². The number of rotatable bonds is 7. The summed E-state index contributed by atoms with van der Waals surface area (Å²) in [5, 5.41) is 19.9. The molecule has 104 valence electrons. The van der Waals surface area contributed by atoms with E-state index in [4.69, 9.17) is 10.8 Å². The standard InChI is InChI=1S/C10H15N5O4/c11-8(16)2-1-7(9(17)18)15-10(19)12-3-6-4-13-14-5-6/h4-5,7H,1-3H2,(H2,11,16)(H,13,14)(H,17,18)(H2,12,15,19). The summed E-state index contributed by atoms with van der Waals surface area (Å²) in [4.78, 5) is 32.9. The van der Waals surface area contributed by atoms with Crippen LogP contribution >= 0.6 is 0 Å². The molecule has 1 aromatic heterocycles. The predicted molar refractivity (Wildman–Crippen MR) is 63.8 cm³/mol. The third kappa shape index (κ3) is 5.52. The summed E-state index contributed by atoms with van der Waals surface area (Å²) in [5.41, 5.74) is 5.67. The summed E-state index contributed by atoms with van der Waals surface area (Å²) in [6.07, 6.45) is 2.97. The first-order valence-electron chi connectivity index (χ1n) is 5.52. The van der Waals surface area contributed by atoms with Crippen LogP contribution in [0.3, 0.4) is 0 Å². The maximum Gasteiger partial charge on any atom is 0.326 e. The molecule has 0 radical (unpaired) electrons. The number of nitrogens with zero attached hydrogens (tertiary/aromatic N) is 1. The average molecular weight is 269 g/mol. The van der Waals surface area contributed by atoms with E-state index in [1.807, 2.05) is 0 Å². The van der Waals surface area contributed by atoms with Crippen molar-refractivity contribution in [2.24, 2.45) is 5.73 Å². The Kier molecular flexibility index (Phi) is 5.33. The lowest BCUT2D eigenvalue weighted by Crippen LogP contribution is -2.46. The van der Waals surface area contributed by atoms with Crippen LogP contribution in [0.25, 0.3) is 0 Å². The number of primary amides is 1. The molecule has 0 aromatic carbocycles. The van der Waals surface area contributed by atoms with Crippen LogP contribution in [0.5, 0.6) is 0 Å². The maximum absolute atomic E-state index is 11.5. The minimum atomic E-state index is -1.22. The normalized spacial score (nSPS) is 11.6. The Bertz CT molecular complexity index is 445. The quantitative estimate of drug-likeness (QED) is 0.427. The van der Waals surface area contributed by atoms with E-state index in [2.05, 4.69) is 20.8 Å².